The number of likely N-dealkylation sites (N-methyl/N-ethyl adjacent to an activating group) is 1. The number of fused-ring (bicyclic) bond motifs is 1. The summed E-state index contributed by atoms with van der Waals surface area (Å²) in [6.45, 7) is 6.52. The van der Waals surface area contributed by atoms with Crippen LogP contribution in [0.25, 0.3) is 0 Å². The molecule has 2 heterocycles. The van der Waals surface area contributed by atoms with E-state index in [1.807, 2.05) is 11.8 Å². The Morgan fingerprint density at radius 2 is 1.91 bits per heavy atom. The molecule has 2 aliphatic rings. The van der Waals surface area contributed by atoms with Crippen LogP contribution in [0.5, 0.6) is 0 Å². The summed E-state index contributed by atoms with van der Waals surface area (Å²) in [6, 6.07) is 8.34. The number of nitrogens with zero attached hydrogens (tertiary/aromatic N) is 3. The first-order valence-corrected chi connectivity index (χ1v) is 8.84. The Kier molecular flexibility index (Phi) is 5.05. The Hall–Kier alpha value is -1.46. The lowest BCUT2D eigenvalue weighted by atomic mass is 10.2. The van der Waals surface area contributed by atoms with E-state index in [1.54, 1.807) is 0 Å². The quantitative estimate of drug-likeness (QED) is 0.795. The molecule has 0 atom stereocenters. The van der Waals surface area contributed by atoms with Gasteiger partial charge < -0.3 is 15.1 Å². The highest BCUT2D eigenvalue weighted by atomic mass is 32.2. The third-order valence-corrected chi connectivity index (χ3v) is 5.07. The van der Waals surface area contributed by atoms with Gasteiger partial charge in [0.2, 0.25) is 0 Å². The van der Waals surface area contributed by atoms with Gasteiger partial charge in [0.15, 0.2) is 0 Å². The van der Waals surface area contributed by atoms with Gasteiger partial charge in [-0.05, 0) is 31.0 Å². The second kappa shape index (κ2) is 7.20. The molecule has 0 saturated carbocycles. The van der Waals surface area contributed by atoms with Crippen molar-refractivity contribution in [3.63, 3.8) is 0 Å². The fourth-order valence-electron chi connectivity index (χ4n) is 2.69. The van der Waals surface area contributed by atoms with E-state index in [0.717, 1.165) is 49.9 Å². The summed E-state index contributed by atoms with van der Waals surface area (Å²) in [5, 5.41) is 3.48. The predicted molar refractivity (Wildman–Crippen MR) is 97.1 cm³/mol. The Labute approximate surface area is 137 Å². The van der Waals surface area contributed by atoms with Crippen molar-refractivity contribution >= 4 is 29.0 Å². The van der Waals surface area contributed by atoms with Crippen LogP contribution in [0.3, 0.4) is 0 Å². The number of aliphatic imine (C=N–C) groups is 1. The predicted octanol–water partition coefficient (Wildman–Crippen LogP) is 3.37. The maximum atomic E-state index is 4.99. The molecule has 4 nitrogen and oxygen atoms in total. The number of allylic oxidation sites excluding steroid dienone is 1. The van der Waals surface area contributed by atoms with E-state index in [9.17, 15) is 0 Å². The zero-order valence-corrected chi connectivity index (χ0v) is 14.2. The number of hydrogen-bond donors (Lipinski definition) is 1. The number of rotatable bonds is 0. The second-order valence-electron chi connectivity index (χ2n) is 5.82. The molecule has 1 N–H and O–H groups in total. The topological polar surface area (TPSA) is 30.9 Å². The molecule has 1 saturated heterocycles. The number of nitrogens with one attached hydrogen (secondary N) is 1. The number of anilines is 1. The zero-order valence-electron chi connectivity index (χ0n) is 13.4. The van der Waals surface area contributed by atoms with Crippen molar-refractivity contribution in [2.24, 2.45) is 4.99 Å². The molecular formula is C17H24N4S. The van der Waals surface area contributed by atoms with Gasteiger partial charge in [0, 0.05) is 32.6 Å². The Morgan fingerprint density at radius 1 is 1.14 bits per heavy atom. The highest BCUT2D eigenvalue weighted by Gasteiger charge is 2.18. The van der Waals surface area contributed by atoms with E-state index < -0.39 is 0 Å². The average Bonchev–Trinajstić information content (AvgIpc) is 2.53. The Morgan fingerprint density at radius 3 is 2.73 bits per heavy atom. The smallest absolute Gasteiger partial charge is 0.109 e. The van der Waals surface area contributed by atoms with Crippen LogP contribution >= 0.6 is 11.8 Å². The molecule has 22 heavy (non-hydrogen) atoms. The van der Waals surface area contributed by atoms with Crippen LogP contribution < -0.4 is 5.32 Å². The number of hydrogen-bond acceptors (Lipinski definition) is 5. The molecule has 1 aromatic carbocycles. The van der Waals surface area contributed by atoms with Crippen molar-refractivity contribution in [3.8, 4) is 0 Å². The first-order chi connectivity index (χ1) is 10.7. The SMILES string of the molecule is C/C1=C/CC(N2CCN(C)CC2)=Nc2ccccc2NCS1. The summed E-state index contributed by atoms with van der Waals surface area (Å²) in [7, 11) is 2.19. The van der Waals surface area contributed by atoms with Crippen LogP contribution in [0, 0.1) is 0 Å². The molecule has 0 radical (unpaired) electrons. The molecule has 5 heteroatoms. The van der Waals surface area contributed by atoms with Crippen LogP contribution in [-0.4, -0.2) is 54.7 Å². The molecule has 0 aliphatic carbocycles. The highest BCUT2D eigenvalue weighted by molar-refractivity contribution is 8.03. The molecule has 0 unspecified atom stereocenters. The van der Waals surface area contributed by atoms with Crippen molar-refractivity contribution < 1.29 is 0 Å². The van der Waals surface area contributed by atoms with Gasteiger partial charge in [-0.25, -0.2) is 4.99 Å². The summed E-state index contributed by atoms with van der Waals surface area (Å²) in [6.07, 6.45) is 3.22. The van der Waals surface area contributed by atoms with Gasteiger partial charge >= 0.3 is 0 Å². The molecule has 0 aromatic heterocycles. The molecule has 0 amide bonds. The average molecular weight is 316 g/mol. The minimum Gasteiger partial charge on any atom is -0.374 e. The van der Waals surface area contributed by atoms with E-state index in [1.165, 1.54) is 10.7 Å². The Balaban J connectivity index is 1.91. The van der Waals surface area contributed by atoms with Crippen LogP contribution in [-0.2, 0) is 0 Å². The summed E-state index contributed by atoms with van der Waals surface area (Å²) >= 11 is 1.86. The second-order valence-corrected chi connectivity index (χ2v) is 7.04. The van der Waals surface area contributed by atoms with Crippen LogP contribution in [0.2, 0.25) is 0 Å². The first-order valence-electron chi connectivity index (χ1n) is 7.86. The van der Waals surface area contributed by atoms with Crippen LogP contribution in [0.4, 0.5) is 11.4 Å². The third-order valence-electron chi connectivity index (χ3n) is 4.16. The Bertz CT molecular complexity index is 574. The summed E-state index contributed by atoms with van der Waals surface area (Å²) < 4.78 is 0. The molecule has 2 aliphatic heterocycles. The van der Waals surface area contributed by atoms with E-state index in [2.05, 4.69) is 59.4 Å². The van der Waals surface area contributed by atoms with Crippen LogP contribution in [0.1, 0.15) is 13.3 Å². The molecule has 0 bridgehead atoms. The number of benzene rings is 1. The highest BCUT2D eigenvalue weighted by Crippen LogP contribution is 2.28. The molecule has 1 aromatic rings. The molecule has 118 valence electrons. The van der Waals surface area contributed by atoms with E-state index >= 15 is 0 Å². The summed E-state index contributed by atoms with van der Waals surface area (Å²) in [4.78, 5) is 11.2. The minimum atomic E-state index is 0.888. The third kappa shape index (κ3) is 3.84. The normalized spacial score (nSPS) is 22.9. The van der Waals surface area contributed by atoms with E-state index in [-0.39, 0.29) is 0 Å². The van der Waals surface area contributed by atoms with Crippen molar-refractivity contribution in [1.82, 2.24) is 9.80 Å². The van der Waals surface area contributed by atoms with Crippen molar-refractivity contribution in [1.29, 1.82) is 0 Å². The lowest BCUT2D eigenvalue weighted by molar-refractivity contribution is 0.214. The number of para-hydroxylation sites is 2. The maximum Gasteiger partial charge on any atom is 0.109 e. The van der Waals surface area contributed by atoms with Gasteiger partial charge in [-0.2, -0.15) is 0 Å². The fraction of sp³-hybridized carbons (Fsp3) is 0.471. The van der Waals surface area contributed by atoms with Gasteiger partial charge in [0.25, 0.3) is 0 Å². The first kappa shape index (κ1) is 15.4. The standard InChI is InChI=1S/C17H24N4S/c1-14-7-8-17(21-11-9-20(2)10-12-21)19-16-6-4-3-5-15(16)18-13-22-14/h3-7,18H,8-13H2,1-2H3/b14-7-,19-17?. The monoisotopic (exact) mass is 316 g/mol. The number of amidine groups is 1. The largest absolute Gasteiger partial charge is 0.374 e. The van der Waals surface area contributed by atoms with Gasteiger partial charge in [0.05, 0.1) is 17.3 Å². The maximum absolute atomic E-state index is 4.99. The lowest BCUT2D eigenvalue weighted by Crippen LogP contribution is -2.47. The van der Waals surface area contributed by atoms with E-state index in [4.69, 9.17) is 4.99 Å². The molecule has 0 spiro atoms. The molecular weight excluding hydrogens is 292 g/mol. The molecule has 1 fully saturated rings. The summed E-state index contributed by atoms with van der Waals surface area (Å²) in [5.41, 5.74) is 2.17. The van der Waals surface area contributed by atoms with Gasteiger partial charge in [-0.15, -0.1) is 11.8 Å². The van der Waals surface area contributed by atoms with Gasteiger partial charge in [0.1, 0.15) is 5.84 Å². The van der Waals surface area contributed by atoms with Crippen molar-refractivity contribution in [2.75, 3.05) is 44.4 Å². The number of thioether (sulfide) groups is 1. The number of piperazine rings is 1. The lowest BCUT2D eigenvalue weighted by Gasteiger charge is -2.34. The van der Waals surface area contributed by atoms with Gasteiger partial charge in [-0.3, -0.25) is 0 Å². The minimum absolute atomic E-state index is 0.888. The van der Waals surface area contributed by atoms with E-state index in [0.29, 0.717) is 0 Å². The van der Waals surface area contributed by atoms with Crippen molar-refractivity contribution in [2.45, 2.75) is 13.3 Å². The summed E-state index contributed by atoms with van der Waals surface area (Å²) in [5.74, 6) is 2.07. The van der Waals surface area contributed by atoms with Crippen LogP contribution in [0.15, 0.2) is 40.2 Å². The van der Waals surface area contributed by atoms with Crippen molar-refractivity contribution in [3.05, 3.63) is 35.2 Å². The van der Waals surface area contributed by atoms with Gasteiger partial charge in [-0.1, -0.05) is 18.2 Å². The molecule has 3 rings (SSSR count). The fourth-order valence-corrected chi connectivity index (χ4v) is 3.35. The zero-order chi connectivity index (χ0) is 15.4.